The van der Waals surface area contributed by atoms with Crippen LogP contribution in [0.2, 0.25) is 15.1 Å². The molecule has 1 aliphatic carbocycles. The quantitative estimate of drug-likeness (QED) is 0.236. The number of nitrogens with two attached hydrogens (primary N) is 1. The number of aliphatic carboxylic acids is 1. The Labute approximate surface area is 222 Å². The number of rotatable bonds is 5. The molecule has 0 saturated heterocycles. The van der Waals surface area contributed by atoms with E-state index in [1.807, 2.05) is 19.1 Å². The summed E-state index contributed by atoms with van der Waals surface area (Å²) >= 11 is 19.2. The predicted molar refractivity (Wildman–Crippen MR) is 144 cm³/mol. The lowest BCUT2D eigenvalue weighted by Crippen LogP contribution is -2.45. The van der Waals surface area contributed by atoms with Crippen LogP contribution in [0.25, 0.3) is 28.1 Å². The van der Waals surface area contributed by atoms with E-state index in [1.54, 1.807) is 35.2 Å². The number of nitrogens with one attached hydrogen (secondary N) is 1. The fourth-order valence-corrected chi connectivity index (χ4v) is 5.97. The molecule has 184 valence electrons. The molecule has 0 bridgehead atoms. The standard InChI is InChI=1S/C27H22Cl3N3O3/c1-14-13-33(20-5-2-4-15(22(14)20)6-7-21(34)35)26(36)24-17(12-32-25(24)27(31)8-3-9-27)23-18(29)10-16(28)11-19(23)30/h2,4-7,10-13,32H,3,8-9,31H2,1H3,(H,34,35)/b7-6+. The maximum Gasteiger partial charge on any atom is 0.328 e. The Hall–Kier alpha value is -3.03. The van der Waals surface area contributed by atoms with Gasteiger partial charge in [-0.25, -0.2) is 4.79 Å². The summed E-state index contributed by atoms with van der Waals surface area (Å²) in [4.78, 5) is 28.6. The average molecular weight is 543 g/mol. The number of aryl methyl sites for hydroxylation is 1. The highest BCUT2D eigenvalue weighted by Gasteiger charge is 2.40. The largest absolute Gasteiger partial charge is 0.478 e. The number of aromatic amines is 1. The number of carboxylic acid groups (broad SMARTS) is 1. The van der Waals surface area contributed by atoms with Gasteiger partial charge in [-0.15, -0.1) is 0 Å². The molecule has 2 aromatic carbocycles. The monoisotopic (exact) mass is 541 g/mol. The molecular formula is C27H22Cl3N3O3. The van der Waals surface area contributed by atoms with Gasteiger partial charge in [-0.2, -0.15) is 0 Å². The van der Waals surface area contributed by atoms with Gasteiger partial charge in [0.2, 0.25) is 0 Å². The van der Waals surface area contributed by atoms with Crippen molar-refractivity contribution in [1.29, 1.82) is 0 Å². The molecule has 2 heterocycles. The van der Waals surface area contributed by atoms with Crippen molar-refractivity contribution in [3.8, 4) is 11.1 Å². The maximum atomic E-state index is 14.3. The van der Waals surface area contributed by atoms with Crippen molar-refractivity contribution in [2.45, 2.75) is 31.7 Å². The first-order valence-electron chi connectivity index (χ1n) is 11.3. The smallest absolute Gasteiger partial charge is 0.328 e. The fourth-order valence-electron chi connectivity index (χ4n) is 4.95. The molecule has 6 nitrogen and oxygen atoms in total. The van der Waals surface area contributed by atoms with Crippen LogP contribution >= 0.6 is 34.8 Å². The van der Waals surface area contributed by atoms with E-state index < -0.39 is 11.5 Å². The second-order valence-corrected chi connectivity index (χ2v) is 10.4. The Kier molecular flexibility index (Phi) is 6.25. The van der Waals surface area contributed by atoms with Crippen molar-refractivity contribution in [2.24, 2.45) is 5.73 Å². The van der Waals surface area contributed by atoms with Crippen LogP contribution in [0.15, 0.2) is 48.8 Å². The molecule has 1 saturated carbocycles. The Morgan fingerprint density at radius 2 is 1.86 bits per heavy atom. The van der Waals surface area contributed by atoms with Crippen LogP contribution in [-0.2, 0) is 10.3 Å². The highest BCUT2D eigenvalue weighted by molar-refractivity contribution is 6.42. The molecule has 1 aliphatic rings. The van der Waals surface area contributed by atoms with Crippen molar-refractivity contribution in [3.63, 3.8) is 0 Å². The van der Waals surface area contributed by atoms with Crippen LogP contribution in [0.1, 0.15) is 46.4 Å². The van der Waals surface area contributed by atoms with Crippen LogP contribution in [-0.4, -0.2) is 26.5 Å². The highest BCUT2D eigenvalue weighted by atomic mass is 35.5. The van der Waals surface area contributed by atoms with Crippen LogP contribution in [0.5, 0.6) is 0 Å². The molecule has 4 N–H and O–H groups in total. The normalized spacial score (nSPS) is 14.9. The first-order valence-corrected chi connectivity index (χ1v) is 12.5. The van der Waals surface area contributed by atoms with Gasteiger partial charge < -0.3 is 15.8 Å². The van der Waals surface area contributed by atoms with Gasteiger partial charge in [0.1, 0.15) is 0 Å². The van der Waals surface area contributed by atoms with Crippen molar-refractivity contribution in [3.05, 3.63) is 86.3 Å². The number of carboxylic acids is 1. The minimum atomic E-state index is -1.05. The Morgan fingerprint density at radius 3 is 2.47 bits per heavy atom. The second-order valence-electron chi connectivity index (χ2n) is 9.11. The van der Waals surface area contributed by atoms with Gasteiger partial charge in [-0.1, -0.05) is 46.9 Å². The van der Waals surface area contributed by atoms with Gasteiger partial charge in [-0.3, -0.25) is 9.36 Å². The zero-order chi connectivity index (χ0) is 25.8. The van der Waals surface area contributed by atoms with Crippen LogP contribution in [0.3, 0.4) is 0 Å². The summed E-state index contributed by atoms with van der Waals surface area (Å²) in [5.41, 5.74) is 10.3. The molecule has 5 rings (SSSR count). The Bertz CT molecular complexity index is 1550. The van der Waals surface area contributed by atoms with E-state index in [0.29, 0.717) is 48.5 Å². The summed E-state index contributed by atoms with van der Waals surface area (Å²) in [5, 5.41) is 10.9. The van der Waals surface area contributed by atoms with Gasteiger partial charge in [0.05, 0.1) is 26.7 Å². The summed E-state index contributed by atoms with van der Waals surface area (Å²) < 4.78 is 1.57. The molecule has 0 atom stereocenters. The van der Waals surface area contributed by atoms with E-state index in [1.165, 1.54) is 6.08 Å². The number of aromatic nitrogens is 2. The van der Waals surface area contributed by atoms with Crippen LogP contribution in [0.4, 0.5) is 0 Å². The van der Waals surface area contributed by atoms with Crippen LogP contribution in [0, 0.1) is 6.92 Å². The number of hydrogen-bond donors (Lipinski definition) is 3. The van der Waals surface area contributed by atoms with Crippen molar-refractivity contribution in [1.82, 2.24) is 9.55 Å². The summed E-state index contributed by atoms with van der Waals surface area (Å²) in [5.74, 6) is -1.34. The third kappa shape index (κ3) is 4.04. The molecule has 0 radical (unpaired) electrons. The number of carbonyl (C=O) groups excluding carboxylic acids is 1. The second kappa shape index (κ2) is 9.12. The molecule has 36 heavy (non-hydrogen) atoms. The highest BCUT2D eigenvalue weighted by Crippen LogP contribution is 2.46. The number of nitrogens with zero attached hydrogens (tertiary/aromatic N) is 1. The Balaban J connectivity index is 1.74. The van der Waals surface area contributed by atoms with Gasteiger partial charge >= 0.3 is 5.97 Å². The van der Waals surface area contributed by atoms with Crippen molar-refractivity contribution < 1.29 is 14.7 Å². The number of hydrogen-bond acceptors (Lipinski definition) is 3. The van der Waals surface area contributed by atoms with Gasteiger partial charge in [0.15, 0.2) is 0 Å². The van der Waals surface area contributed by atoms with E-state index in [9.17, 15) is 9.59 Å². The van der Waals surface area contributed by atoms with Crippen LogP contribution < -0.4 is 5.73 Å². The van der Waals surface area contributed by atoms with Gasteiger partial charge in [0.25, 0.3) is 5.91 Å². The molecule has 0 unspecified atom stereocenters. The molecule has 0 amide bonds. The molecule has 1 fully saturated rings. The topological polar surface area (TPSA) is 101 Å². The van der Waals surface area contributed by atoms with E-state index in [-0.39, 0.29) is 5.91 Å². The molecular weight excluding hydrogens is 521 g/mol. The lowest BCUT2D eigenvalue weighted by molar-refractivity contribution is -0.131. The number of fused-ring (bicyclic) bond motifs is 1. The molecule has 0 spiro atoms. The number of benzene rings is 2. The Morgan fingerprint density at radius 1 is 1.17 bits per heavy atom. The summed E-state index contributed by atoms with van der Waals surface area (Å²) in [6, 6.07) is 8.60. The lowest BCUT2D eigenvalue weighted by atomic mass is 9.73. The SMILES string of the molecule is Cc1cn(C(=O)c2c(-c3c(Cl)cc(Cl)cc3Cl)c[nH]c2C2(N)CCC2)c2cccc(/C=C/C(=O)O)c12. The summed E-state index contributed by atoms with van der Waals surface area (Å²) in [7, 11) is 0. The average Bonchev–Trinajstić information content (AvgIpc) is 3.37. The van der Waals surface area contributed by atoms with Gasteiger partial charge in [0, 0.05) is 45.7 Å². The van der Waals surface area contributed by atoms with Crippen molar-refractivity contribution in [2.75, 3.05) is 0 Å². The first kappa shape index (κ1) is 24.7. The first-order chi connectivity index (χ1) is 17.1. The summed E-state index contributed by atoms with van der Waals surface area (Å²) in [6.45, 7) is 1.88. The number of carbonyl (C=O) groups is 2. The summed E-state index contributed by atoms with van der Waals surface area (Å²) in [6.07, 6.45) is 8.52. The molecule has 0 aliphatic heterocycles. The fraction of sp³-hybridized carbons (Fsp3) is 0.185. The van der Waals surface area contributed by atoms with E-state index >= 15 is 0 Å². The third-order valence-electron chi connectivity index (χ3n) is 6.79. The van der Waals surface area contributed by atoms with E-state index in [2.05, 4.69) is 4.98 Å². The van der Waals surface area contributed by atoms with Gasteiger partial charge in [-0.05, 0) is 61.6 Å². The van der Waals surface area contributed by atoms with E-state index in [0.717, 1.165) is 36.3 Å². The minimum absolute atomic E-state index is 0.294. The third-order valence-corrected chi connectivity index (χ3v) is 7.60. The zero-order valence-electron chi connectivity index (χ0n) is 19.2. The number of halogens is 3. The molecule has 4 aromatic rings. The zero-order valence-corrected chi connectivity index (χ0v) is 21.5. The molecule has 9 heteroatoms. The lowest BCUT2D eigenvalue weighted by Gasteiger charge is -2.38. The maximum absolute atomic E-state index is 14.3. The van der Waals surface area contributed by atoms with Crippen molar-refractivity contribution >= 4 is 63.7 Å². The predicted octanol–water partition coefficient (Wildman–Crippen LogP) is 7.03. The molecule has 2 aromatic heterocycles. The minimum Gasteiger partial charge on any atom is -0.478 e. The van der Waals surface area contributed by atoms with E-state index in [4.69, 9.17) is 45.6 Å². The number of H-pyrrole nitrogens is 1.